The molecule has 3 rings (SSSR count). The van der Waals surface area contributed by atoms with Crippen LogP contribution in [0.2, 0.25) is 0 Å². The van der Waals surface area contributed by atoms with Crippen molar-refractivity contribution in [1.29, 1.82) is 0 Å². The summed E-state index contributed by atoms with van der Waals surface area (Å²) < 4.78 is 0. The van der Waals surface area contributed by atoms with Crippen LogP contribution in [-0.4, -0.2) is 24.9 Å². The minimum absolute atomic E-state index is 0.407. The molecular weight excluding hydrogens is 374 g/mol. The quantitative estimate of drug-likeness (QED) is 0.578. The molecule has 0 unspecified atom stereocenters. The van der Waals surface area contributed by atoms with E-state index in [2.05, 4.69) is 29.4 Å². The highest BCUT2D eigenvalue weighted by atomic mass is 16.2. The Morgan fingerprint density at radius 3 is 1.70 bits per heavy atom. The van der Waals surface area contributed by atoms with Gasteiger partial charge in [0.25, 0.3) is 0 Å². The van der Waals surface area contributed by atoms with Gasteiger partial charge in [0.2, 0.25) is 0 Å². The molecule has 0 spiro atoms. The van der Waals surface area contributed by atoms with E-state index in [9.17, 15) is 9.59 Å². The summed E-state index contributed by atoms with van der Waals surface area (Å²) in [5.41, 5.74) is 3.49. The van der Waals surface area contributed by atoms with E-state index in [0.29, 0.717) is 5.69 Å². The minimum Gasteiger partial charge on any atom is -0.372 e. The van der Waals surface area contributed by atoms with Gasteiger partial charge in [-0.3, -0.25) is 9.59 Å². The molecule has 0 atom stereocenters. The van der Waals surface area contributed by atoms with Crippen molar-refractivity contribution < 1.29 is 9.59 Å². The monoisotopic (exact) mass is 401 g/mol. The molecule has 0 saturated heterocycles. The first kappa shape index (κ1) is 21.1. The third kappa shape index (κ3) is 5.26. The molecule has 3 aromatic rings. The van der Waals surface area contributed by atoms with Crippen molar-refractivity contribution in [2.24, 2.45) is 0 Å². The van der Waals surface area contributed by atoms with Crippen molar-refractivity contribution in [3.63, 3.8) is 0 Å². The number of carbonyl (C=O) groups excluding carboxylic acids is 2. The predicted octanol–water partition coefficient (Wildman–Crippen LogP) is 4.38. The summed E-state index contributed by atoms with van der Waals surface area (Å²) in [6.07, 6.45) is 0. The molecule has 0 fully saturated rings. The first-order valence-electron chi connectivity index (χ1n) is 10.2. The van der Waals surface area contributed by atoms with Crippen molar-refractivity contribution in [2.45, 2.75) is 19.9 Å². The number of carbonyl (C=O) groups is 2. The zero-order valence-electron chi connectivity index (χ0n) is 17.3. The summed E-state index contributed by atoms with van der Waals surface area (Å²) in [7, 11) is 0. The van der Waals surface area contributed by atoms with E-state index in [-0.39, 0.29) is 0 Å². The maximum Gasteiger partial charge on any atom is 0.313 e. The SMILES string of the molecule is CCN(CC)c1ccc(NC(=O)C(=O)NC(c2ccccc2)c2ccccc2)cc1. The Labute approximate surface area is 177 Å². The van der Waals surface area contributed by atoms with Gasteiger partial charge in [-0.15, -0.1) is 0 Å². The van der Waals surface area contributed by atoms with Crippen molar-refractivity contribution in [3.8, 4) is 0 Å². The maximum atomic E-state index is 12.6. The highest BCUT2D eigenvalue weighted by molar-refractivity contribution is 6.39. The molecular formula is C25H27N3O2. The number of benzene rings is 3. The normalized spacial score (nSPS) is 10.5. The Hall–Kier alpha value is -3.60. The van der Waals surface area contributed by atoms with Gasteiger partial charge in [0.05, 0.1) is 6.04 Å². The molecule has 0 saturated carbocycles. The van der Waals surface area contributed by atoms with Gasteiger partial charge in [0, 0.05) is 24.5 Å². The molecule has 0 aliphatic heterocycles. The highest BCUT2D eigenvalue weighted by Gasteiger charge is 2.21. The molecule has 154 valence electrons. The summed E-state index contributed by atoms with van der Waals surface area (Å²) in [6.45, 7) is 6.01. The van der Waals surface area contributed by atoms with Crippen LogP contribution in [-0.2, 0) is 9.59 Å². The zero-order chi connectivity index (χ0) is 21.3. The second-order valence-electron chi connectivity index (χ2n) is 6.90. The first-order valence-corrected chi connectivity index (χ1v) is 10.2. The molecule has 0 aromatic heterocycles. The van der Waals surface area contributed by atoms with E-state index in [4.69, 9.17) is 0 Å². The fraction of sp³-hybridized carbons (Fsp3) is 0.200. The van der Waals surface area contributed by atoms with Crippen LogP contribution in [0.1, 0.15) is 31.0 Å². The van der Waals surface area contributed by atoms with Crippen molar-refractivity contribution in [1.82, 2.24) is 5.32 Å². The Kier molecular flexibility index (Phi) is 7.22. The van der Waals surface area contributed by atoms with Gasteiger partial charge in [-0.25, -0.2) is 0 Å². The molecule has 0 radical (unpaired) electrons. The van der Waals surface area contributed by atoms with E-state index in [1.54, 1.807) is 0 Å². The standard InChI is InChI=1S/C25H27N3O2/c1-3-28(4-2)22-17-15-21(16-18-22)26-24(29)25(30)27-23(19-11-7-5-8-12-19)20-13-9-6-10-14-20/h5-18,23H,3-4H2,1-2H3,(H,26,29)(H,27,30). The predicted molar refractivity (Wildman–Crippen MR) is 122 cm³/mol. The van der Waals surface area contributed by atoms with Crippen LogP contribution in [0.25, 0.3) is 0 Å². The lowest BCUT2D eigenvalue weighted by Gasteiger charge is -2.21. The number of hydrogen-bond acceptors (Lipinski definition) is 3. The van der Waals surface area contributed by atoms with E-state index in [0.717, 1.165) is 29.9 Å². The van der Waals surface area contributed by atoms with Crippen molar-refractivity contribution in [2.75, 3.05) is 23.3 Å². The van der Waals surface area contributed by atoms with Gasteiger partial charge in [-0.1, -0.05) is 60.7 Å². The lowest BCUT2D eigenvalue weighted by molar-refractivity contribution is -0.136. The van der Waals surface area contributed by atoms with Gasteiger partial charge in [-0.05, 0) is 49.2 Å². The maximum absolute atomic E-state index is 12.6. The van der Waals surface area contributed by atoms with Crippen molar-refractivity contribution >= 4 is 23.2 Å². The van der Waals surface area contributed by atoms with E-state index in [1.807, 2.05) is 84.9 Å². The molecule has 3 aromatic carbocycles. The third-order valence-electron chi connectivity index (χ3n) is 5.00. The summed E-state index contributed by atoms with van der Waals surface area (Å²) >= 11 is 0. The third-order valence-corrected chi connectivity index (χ3v) is 5.00. The smallest absolute Gasteiger partial charge is 0.313 e. The van der Waals surface area contributed by atoms with Gasteiger partial charge in [0.15, 0.2) is 0 Å². The number of rotatable bonds is 7. The largest absolute Gasteiger partial charge is 0.372 e. The lowest BCUT2D eigenvalue weighted by Crippen LogP contribution is -2.38. The van der Waals surface area contributed by atoms with Gasteiger partial charge in [-0.2, -0.15) is 0 Å². The first-order chi connectivity index (χ1) is 14.6. The highest BCUT2D eigenvalue weighted by Crippen LogP contribution is 2.22. The second-order valence-corrected chi connectivity index (χ2v) is 6.90. The molecule has 0 aliphatic rings. The number of nitrogens with zero attached hydrogens (tertiary/aromatic N) is 1. The number of nitrogens with one attached hydrogen (secondary N) is 2. The van der Waals surface area contributed by atoms with Crippen LogP contribution in [0.5, 0.6) is 0 Å². The van der Waals surface area contributed by atoms with Crippen LogP contribution < -0.4 is 15.5 Å². The topological polar surface area (TPSA) is 61.4 Å². The lowest BCUT2D eigenvalue weighted by atomic mass is 9.99. The molecule has 2 amide bonds. The summed E-state index contributed by atoms with van der Waals surface area (Å²) in [5, 5.41) is 5.54. The van der Waals surface area contributed by atoms with Crippen LogP contribution in [0.4, 0.5) is 11.4 Å². The molecule has 2 N–H and O–H groups in total. The van der Waals surface area contributed by atoms with E-state index in [1.165, 1.54) is 0 Å². The van der Waals surface area contributed by atoms with Gasteiger partial charge in [0.1, 0.15) is 0 Å². The molecule has 0 heterocycles. The van der Waals surface area contributed by atoms with E-state index >= 15 is 0 Å². The average Bonchev–Trinajstić information content (AvgIpc) is 2.80. The van der Waals surface area contributed by atoms with Crippen LogP contribution >= 0.6 is 0 Å². The minimum atomic E-state index is -0.692. The van der Waals surface area contributed by atoms with Gasteiger partial charge < -0.3 is 15.5 Å². The van der Waals surface area contributed by atoms with Crippen LogP contribution in [0.15, 0.2) is 84.9 Å². The summed E-state index contributed by atoms with van der Waals surface area (Å²) in [6, 6.07) is 26.3. The number of amides is 2. The summed E-state index contributed by atoms with van der Waals surface area (Å²) in [4.78, 5) is 27.4. The van der Waals surface area contributed by atoms with Crippen molar-refractivity contribution in [3.05, 3.63) is 96.1 Å². The number of anilines is 2. The Morgan fingerprint density at radius 2 is 1.23 bits per heavy atom. The molecule has 5 heteroatoms. The molecule has 0 aliphatic carbocycles. The van der Waals surface area contributed by atoms with E-state index < -0.39 is 17.9 Å². The molecule has 5 nitrogen and oxygen atoms in total. The number of hydrogen-bond donors (Lipinski definition) is 2. The fourth-order valence-corrected chi connectivity index (χ4v) is 3.38. The second kappa shape index (κ2) is 10.3. The van der Waals surface area contributed by atoms with Gasteiger partial charge >= 0.3 is 11.8 Å². The fourth-order valence-electron chi connectivity index (χ4n) is 3.38. The Bertz CT molecular complexity index is 913. The Balaban J connectivity index is 1.71. The van der Waals surface area contributed by atoms with Crippen LogP contribution in [0, 0.1) is 0 Å². The van der Waals surface area contributed by atoms with Crippen LogP contribution in [0.3, 0.4) is 0 Å². The zero-order valence-corrected chi connectivity index (χ0v) is 17.3. The Morgan fingerprint density at radius 1 is 0.733 bits per heavy atom. The average molecular weight is 402 g/mol. The molecule has 30 heavy (non-hydrogen) atoms. The molecule has 0 bridgehead atoms. The summed E-state index contributed by atoms with van der Waals surface area (Å²) in [5.74, 6) is -1.37.